The first kappa shape index (κ1) is 44.1. The van der Waals surface area contributed by atoms with Crippen LogP contribution in [-0.2, 0) is 38.1 Å². The lowest BCUT2D eigenvalue weighted by molar-refractivity contribution is -0.184. The summed E-state index contributed by atoms with van der Waals surface area (Å²) < 4.78 is 21.4. The van der Waals surface area contributed by atoms with Crippen molar-refractivity contribution >= 4 is 53.0 Å². The molecule has 2 aromatic rings. The Morgan fingerprint density at radius 3 is 2.11 bits per heavy atom. The van der Waals surface area contributed by atoms with Crippen LogP contribution in [0.5, 0.6) is 0 Å². The highest BCUT2D eigenvalue weighted by molar-refractivity contribution is 7.99. The Hall–Kier alpha value is -4.30. The normalized spacial score (nSPS) is 16.3. The zero-order valence-electron chi connectivity index (χ0n) is 33.0. The summed E-state index contributed by atoms with van der Waals surface area (Å²) in [6, 6.07) is 13.6. The van der Waals surface area contributed by atoms with Crippen LogP contribution in [0.4, 0.5) is 16.2 Å². The van der Waals surface area contributed by atoms with E-state index in [0.717, 1.165) is 62.5 Å². The maximum absolute atomic E-state index is 13.4. The number of fused-ring (bicyclic) bond motifs is 1. The van der Waals surface area contributed by atoms with Crippen molar-refractivity contribution < 1.29 is 42.9 Å². The number of amides is 2. The Morgan fingerprint density at radius 1 is 0.870 bits per heavy atom. The van der Waals surface area contributed by atoms with E-state index in [-0.39, 0.29) is 31.2 Å². The number of thioether (sulfide) groups is 1. The first-order valence-corrected chi connectivity index (χ1v) is 19.7. The number of hydrogen-bond acceptors (Lipinski definition) is 12. The van der Waals surface area contributed by atoms with Crippen molar-refractivity contribution in [3.8, 4) is 0 Å². The Labute approximate surface area is 323 Å². The Bertz CT molecular complexity index is 1580. The van der Waals surface area contributed by atoms with Gasteiger partial charge in [-0.05, 0) is 54.3 Å². The van der Waals surface area contributed by atoms with Crippen molar-refractivity contribution in [1.82, 2.24) is 10.6 Å². The number of carbonyl (C=O) groups excluding carboxylic acids is 5. The topological polar surface area (TPSA) is 162 Å². The molecule has 1 heterocycles. The highest BCUT2D eigenvalue weighted by Crippen LogP contribution is 2.43. The summed E-state index contributed by atoms with van der Waals surface area (Å²) in [7, 11) is 4.06. The molecule has 298 valence electrons. The fourth-order valence-electron chi connectivity index (χ4n) is 6.53. The van der Waals surface area contributed by atoms with Crippen LogP contribution in [0.3, 0.4) is 0 Å². The van der Waals surface area contributed by atoms with Crippen LogP contribution in [0.1, 0.15) is 104 Å². The SMILES string of the molecule is CCCCC1(CCCC)CSc2ccc(N(C)C)cc2[C@@H](c2cccc(NC(=O)NCC(OC(C)=O)C(OC(C)=O)C(CCOC(C)=O)OC(C)=O)c2)N1. The second-order valence-corrected chi connectivity index (χ2v) is 14.9. The van der Waals surface area contributed by atoms with Gasteiger partial charge in [0.1, 0.15) is 6.10 Å². The number of urea groups is 1. The summed E-state index contributed by atoms with van der Waals surface area (Å²) in [5.74, 6) is -1.74. The maximum atomic E-state index is 13.4. The Kier molecular flexibility index (Phi) is 17.6. The van der Waals surface area contributed by atoms with Crippen molar-refractivity contribution in [1.29, 1.82) is 0 Å². The molecule has 0 aliphatic carbocycles. The van der Waals surface area contributed by atoms with E-state index in [1.165, 1.54) is 31.2 Å². The lowest BCUT2D eigenvalue weighted by Crippen LogP contribution is -2.50. The van der Waals surface area contributed by atoms with Gasteiger partial charge in [0.25, 0.3) is 0 Å². The number of esters is 4. The van der Waals surface area contributed by atoms with Crippen LogP contribution < -0.4 is 20.9 Å². The van der Waals surface area contributed by atoms with E-state index in [0.29, 0.717) is 5.69 Å². The van der Waals surface area contributed by atoms with Gasteiger partial charge in [-0.3, -0.25) is 24.5 Å². The predicted octanol–water partition coefficient (Wildman–Crippen LogP) is 6.53. The monoisotopic (exact) mass is 770 g/mol. The van der Waals surface area contributed by atoms with Gasteiger partial charge in [0.05, 0.1) is 19.2 Å². The summed E-state index contributed by atoms with van der Waals surface area (Å²) in [5.41, 5.74) is 3.74. The first-order valence-electron chi connectivity index (χ1n) is 18.7. The number of carbonyl (C=O) groups is 5. The number of unbranched alkanes of at least 4 members (excludes halogenated alkanes) is 2. The van der Waals surface area contributed by atoms with Crippen molar-refractivity contribution in [3.63, 3.8) is 0 Å². The van der Waals surface area contributed by atoms with Crippen LogP contribution in [0, 0.1) is 0 Å². The van der Waals surface area contributed by atoms with Crippen LogP contribution in [-0.4, -0.2) is 86.8 Å². The lowest BCUT2D eigenvalue weighted by atomic mass is 9.86. The van der Waals surface area contributed by atoms with E-state index < -0.39 is 48.2 Å². The summed E-state index contributed by atoms with van der Waals surface area (Å²) in [5, 5.41) is 9.73. The van der Waals surface area contributed by atoms with Crippen LogP contribution in [0.15, 0.2) is 47.4 Å². The molecule has 3 rings (SSSR count). The molecule has 0 aromatic heterocycles. The summed E-state index contributed by atoms with van der Waals surface area (Å²) >= 11 is 1.90. The second kappa shape index (κ2) is 21.6. The van der Waals surface area contributed by atoms with E-state index in [4.69, 9.17) is 18.9 Å². The van der Waals surface area contributed by atoms with Crippen molar-refractivity contribution in [2.24, 2.45) is 0 Å². The maximum Gasteiger partial charge on any atom is 0.319 e. The molecule has 0 fully saturated rings. The second-order valence-electron chi connectivity index (χ2n) is 13.9. The molecular weight excluding hydrogens is 713 g/mol. The van der Waals surface area contributed by atoms with Gasteiger partial charge in [0.15, 0.2) is 12.2 Å². The third-order valence-corrected chi connectivity index (χ3v) is 10.5. The molecule has 54 heavy (non-hydrogen) atoms. The van der Waals surface area contributed by atoms with Gasteiger partial charge in [-0.1, -0.05) is 51.7 Å². The summed E-state index contributed by atoms with van der Waals surface area (Å²) in [6.07, 6.45) is 2.78. The molecule has 4 atom stereocenters. The number of benzene rings is 2. The number of hydrogen-bond donors (Lipinski definition) is 3. The molecule has 13 nitrogen and oxygen atoms in total. The molecule has 1 aliphatic heterocycles. The van der Waals surface area contributed by atoms with E-state index in [1.807, 2.05) is 38.0 Å². The smallest absolute Gasteiger partial charge is 0.319 e. The molecule has 3 N–H and O–H groups in total. The average molecular weight is 771 g/mol. The largest absolute Gasteiger partial charge is 0.466 e. The third kappa shape index (κ3) is 13.8. The fourth-order valence-corrected chi connectivity index (χ4v) is 7.84. The van der Waals surface area contributed by atoms with Crippen molar-refractivity contribution in [3.05, 3.63) is 53.6 Å². The summed E-state index contributed by atoms with van der Waals surface area (Å²) in [6.45, 7) is 8.71. The van der Waals surface area contributed by atoms with E-state index in [1.54, 1.807) is 6.07 Å². The van der Waals surface area contributed by atoms with Gasteiger partial charge < -0.3 is 34.5 Å². The number of nitrogens with zero attached hydrogens (tertiary/aromatic N) is 1. The minimum absolute atomic E-state index is 0.0566. The van der Waals surface area contributed by atoms with Gasteiger partial charge in [0.2, 0.25) is 0 Å². The van der Waals surface area contributed by atoms with Crippen molar-refractivity contribution in [2.45, 2.75) is 121 Å². The van der Waals surface area contributed by atoms with E-state index >= 15 is 0 Å². The predicted molar refractivity (Wildman–Crippen MR) is 210 cm³/mol. The first-order chi connectivity index (χ1) is 25.7. The van der Waals surface area contributed by atoms with E-state index in [9.17, 15) is 24.0 Å². The lowest BCUT2D eigenvalue weighted by Gasteiger charge is -2.37. The third-order valence-electron chi connectivity index (χ3n) is 9.11. The fraction of sp³-hybridized carbons (Fsp3) is 0.575. The molecule has 0 bridgehead atoms. The highest BCUT2D eigenvalue weighted by Gasteiger charge is 2.38. The average Bonchev–Trinajstić information content (AvgIpc) is 3.27. The molecule has 1 aliphatic rings. The quantitative estimate of drug-likeness (QED) is 0.105. The standard InChI is InChI=1S/C40H58N4O9S/c1-9-11-19-40(20-12-10-2)25-54-36-17-16-32(44(7)8)23-33(36)37(43-40)30-14-13-15-31(22-30)42-39(49)41-24-35(52-28(5)47)38(53-29(6)48)34(51-27(4)46)18-21-50-26(3)45/h13-17,22-23,34-35,37-38,43H,9-12,18-21,24-25H2,1-8H3,(H2,41,42,49)/t34?,35?,37-,38?/m1/s1. The number of rotatable bonds is 19. The number of anilines is 2. The zero-order chi connectivity index (χ0) is 39.8. The zero-order valence-corrected chi connectivity index (χ0v) is 33.8. The molecule has 2 aromatic carbocycles. The molecule has 2 amide bonds. The minimum Gasteiger partial charge on any atom is -0.466 e. The van der Waals surface area contributed by atoms with Gasteiger partial charge >= 0.3 is 29.9 Å². The van der Waals surface area contributed by atoms with Crippen LogP contribution in [0.2, 0.25) is 0 Å². The van der Waals surface area contributed by atoms with Gasteiger partial charge in [-0.25, -0.2) is 4.79 Å². The number of ether oxygens (including phenoxy) is 4. The number of nitrogens with one attached hydrogen (secondary N) is 3. The molecule has 0 spiro atoms. The highest BCUT2D eigenvalue weighted by atomic mass is 32.2. The molecule has 0 saturated heterocycles. The van der Waals surface area contributed by atoms with E-state index in [2.05, 4.69) is 59.0 Å². The Balaban J connectivity index is 1.91. The van der Waals surface area contributed by atoms with Gasteiger partial charge in [0, 0.05) is 75.8 Å². The Morgan fingerprint density at radius 2 is 1.52 bits per heavy atom. The molecule has 14 heteroatoms. The van der Waals surface area contributed by atoms with Crippen LogP contribution >= 0.6 is 11.8 Å². The molecule has 0 radical (unpaired) electrons. The molecule has 0 saturated carbocycles. The van der Waals surface area contributed by atoms with Gasteiger partial charge in [-0.15, -0.1) is 11.8 Å². The summed E-state index contributed by atoms with van der Waals surface area (Å²) in [4.78, 5) is 64.4. The molecular formula is C40H58N4O9S. The van der Waals surface area contributed by atoms with Crippen LogP contribution in [0.25, 0.3) is 0 Å². The minimum atomic E-state index is -1.32. The van der Waals surface area contributed by atoms with Crippen molar-refractivity contribution in [2.75, 3.05) is 43.2 Å². The molecule has 3 unspecified atom stereocenters. The van der Waals surface area contributed by atoms with Gasteiger partial charge in [-0.2, -0.15) is 0 Å².